The lowest BCUT2D eigenvalue weighted by atomic mass is 10.1. The maximum absolute atomic E-state index is 13.2. The highest BCUT2D eigenvalue weighted by atomic mass is 19.2. The monoisotopic (exact) mass is 283 g/mol. The minimum Gasteiger partial charge on any atom is -0.369 e. The Labute approximate surface area is 117 Å². The van der Waals surface area contributed by atoms with Gasteiger partial charge < -0.3 is 10.6 Å². The van der Waals surface area contributed by atoms with Crippen molar-refractivity contribution in [2.24, 2.45) is 11.7 Å². The van der Waals surface area contributed by atoms with E-state index in [0.29, 0.717) is 25.2 Å². The average molecular weight is 283 g/mol. The van der Waals surface area contributed by atoms with E-state index in [0.717, 1.165) is 19.2 Å². The fourth-order valence-electron chi connectivity index (χ4n) is 2.46. The SMILES string of the molecule is CN1CCN(Cc2ccc(F)c(F)c2)CC(C(N)=O)C1. The molecule has 0 saturated carbocycles. The van der Waals surface area contributed by atoms with E-state index in [4.69, 9.17) is 5.73 Å². The molecule has 1 fully saturated rings. The van der Waals surface area contributed by atoms with Crippen LogP contribution < -0.4 is 5.73 Å². The van der Waals surface area contributed by atoms with E-state index in [1.807, 2.05) is 11.9 Å². The molecule has 1 heterocycles. The van der Waals surface area contributed by atoms with Gasteiger partial charge in [0.1, 0.15) is 0 Å². The summed E-state index contributed by atoms with van der Waals surface area (Å²) in [7, 11) is 1.94. The van der Waals surface area contributed by atoms with Crippen LogP contribution in [0.4, 0.5) is 8.78 Å². The van der Waals surface area contributed by atoms with Gasteiger partial charge in [0.2, 0.25) is 5.91 Å². The Kier molecular flexibility index (Phi) is 4.67. The number of nitrogens with two attached hydrogens (primary N) is 1. The van der Waals surface area contributed by atoms with Gasteiger partial charge in [0, 0.05) is 32.7 Å². The molecule has 1 aromatic carbocycles. The molecule has 4 nitrogen and oxygen atoms in total. The molecule has 1 aromatic rings. The first-order chi connectivity index (χ1) is 9.45. The van der Waals surface area contributed by atoms with Crippen LogP contribution >= 0.6 is 0 Å². The quantitative estimate of drug-likeness (QED) is 0.893. The van der Waals surface area contributed by atoms with Gasteiger partial charge in [-0.05, 0) is 24.7 Å². The second-order valence-electron chi connectivity index (χ2n) is 5.35. The van der Waals surface area contributed by atoms with Crippen LogP contribution in [0, 0.1) is 17.6 Å². The lowest BCUT2D eigenvalue weighted by Gasteiger charge is -2.22. The summed E-state index contributed by atoms with van der Waals surface area (Å²) in [6.45, 7) is 3.23. The van der Waals surface area contributed by atoms with E-state index in [1.54, 1.807) is 6.07 Å². The molecule has 2 rings (SSSR count). The molecule has 110 valence electrons. The molecular weight excluding hydrogens is 264 g/mol. The third kappa shape index (κ3) is 3.74. The van der Waals surface area contributed by atoms with Crippen LogP contribution in [0.1, 0.15) is 5.56 Å². The largest absolute Gasteiger partial charge is 0.369 e. The van der Waals surface area contributed by atoms with Crippen molar-refractivity contribution in [1.82, 2.24) is 9.80 Å². The van der Waals surface area contributed by atoms with Crippen LogP contribution in [0.3, 0.4) is 0 Å². The number of carbonyl (C=O) groups excluding carboxylic acids is 1. The number of benzene rings is 1. The molecule has 1 atom stereocenters. The van der Waals surface area contributed by atoms with Crippen molar-refractivity contribution < 1.29 is 13.6 Å². The fraction of sp³-hybridized carbons (Fsp3) is 0.500. The van der Waals surface area contributed by atoms with E-state index < -0.39 is 11.6 Å². The smallest absolute Gasteiger partial charge is 0.223 e. The summed E-state index contributed by atoms with van der Waals surface area (Å²) in [5.74, 6) is -2.26. The predicted octanol–water partition coefficient (Wildman–Crippen LogP) is 0.814. The molecule has 0 bridgehead atoms. The van der Waals surface area contributed by atoms with Gasteiger partial charge in [-0.2, -0.15) is 0 Å². The summed E-state index contributed by atoms with van der Waals surface area (Å²) in [6.07, 6.45) is 0. The van der Waals surface area contributed by atoms with Crippen molar-refractivity contribution >= 4 is 5.91 Å². The summed E-state index contributed by atoms with van der Waals surface area (Å²) >= 11 is 0. The Bertz CT molecular complexity index is 495. The topological polar surface area (TPSA) is 49.6 Å². The van der Waals surface area contributed by atoms with E-state index >= 15 is 0 Å². The molecular formula is C14H19F2N3O. The van der Waals surface area contributed by atoms with Gasteiger partial charge in [-0.1, -0.05) is 6.07 Å². The number of hydrogen-bond acceptors (Lipinski definition) is 3. The number of likely N-dealkylation sites (N-methyl/N-ethyl adjacent to an activating group) is 1. The molecule has 2 N–H and O–H groups in total. The molecule has 0 aromatic heterocycles. The van der Waals surface area contributed by atoms with Crippen molar-refractivity contribution in [1.29, 1.82) is 0 Å². The fourth-order valence-corrected chi connectivity index (χ4v) is 2.46. The number of nitrogens with zero attached hydrogens (tertiary/aromatic N) is 2. The third-order valence-corrected chi connectivity index (χ3v) is 3.60. The van der Waals surface area contributed by atoms with Crippen LogP contribution in [0.25, 0.3) is 0 Å². The lowest BCUT2D eigenvalue weighted by Crippen LogP contribution is -2.37. The van der Waals surface area contributed by atoms with Gasteiger partial charge in [0.25, 0.3) is 0 Å². The number of carbonyl (C=O) groups is 1. The van der Waals surface area contributed by atoms with Gasteiger partial charge in [-0.3, -0.25) is 9.69 Å². The highest BCUT2D eigenvalue weighted by molar-refractivity contribution is 5.77. The Morgan fingerprint density at radius 2 is 2.05 bits per heavy atom. The maximum Gasteiger partial charge on any atom is 0.223 e. The molecule has 1 aliphatic heterocycles. The summed E-state index contributed by atoms with van der Waals surface area (Å²) in [5, 5.41) is 0. The van der Waals surface area contributed by atoms with Gasteiger partial charge in [-0.25, -0.2) is 8.78 Å². The minimum absolute atomic E-state index is 0.243. The highest BCUT2D eigenvalue weighted by Crippen LogP contribution is 2.14. The van der Waals surface area contributed by atoms with Crippen molar-refractivity contribution in [2.45, 2.75) is 6.54 Å². The van der Waals surface area contributed by atoms with Crippen LogP contribution in [-0.2, 0) is 11.3 Å². The highest BCUT2D eigenvalue weighted by Gasteiger charge is 2.24. The van der Waals surface area contributed by atoms with Crippen molar-refractivity contribution in [3.63, 3.8) is 0 Å². The third-order valence-electron chi connectivity index (χ3n) is 3.60. The molecule has 1 unspecified atom stereocenters. The first-order valence-corrected chi connectivity index (χ1v) is 6.60. The second kappa shape index (κ2) is 6.28. The number of halogens is 2. The minimum atomic E-state index is -0.848. The van der Waals surface area contributed by atoms with Crippen molar-refractivity contribution in [2.75, 3.05) is 33.2 Å². The summed E-state index contributed by atoms with van der Waals surface area (Å²) in [4.78, 5) is 15.5. The Hall–Kier alpha value is -1.53. The van der Waals surface area contributed by atoms with Crippen LogP contribution in [0.2, 0.25) is 0 Å². The van der Waals surface area contributed by atoms with E-state index in [-0.39, 0.29) is 11.8 Å². The van der Waals surface area contributed by atoms with Gasteiger partial charge in [-0.15, -0.1) is 0 Å². The maximum atomic E-state index is 13.2. The first-order valence-electron chi connectivity index (χ1n) is 6.60. The van der Waals surface area contributed by atoms with Crippen LogP contribution in [-0.4, -0.2) is 48.9 Å². The standard InChI is InChI=1S/C14H19F2N3O/c1-18-4-5-19(9-11(8-18)14(17)20)7-10-2-3-12(15)13(16)6-10/h2-3,6,11H,4-5,7-9H2,1H3,(H2,17,20). The molecule has 1 saturated heterocycles. The predicted molar refractivity (Wildman–Crippen MR) is 71.8 cm³/mol. The number of hydrogen-bond donors (Lipinski definition) is 1. The summed E-state index contributed by atoms with van der Waals surface area (Å²) in [5.41, 5.74) is 6.09. The van der Waals surface area contributed by atoms with Crippen molar-refractivity contribution in [3.05, 3.63) is 35.4 Å². The Morgan fingerprint density at radius 1 is 1.30 bits per heavy atom. The van der Waals surface area contributed by atoms with Gasteiger partial charge >= 0.3 is 0 Å². The first kappa shape index (κ1) is 14.9. The molecule has 1 aliphatic rings. The normalized spacial score (nSPS) is 21.6. The Balaban J connectivity index is 2.07. The van der Waals surface area contributed by atoms with Crippen LogP contribution in [0.15, 0.2) is 18.2 Å². The molecule has 6 heteroatoms. The number of rotatable bonds is 3. The lowest BCUT2D eigenvalue weighted by molar-refractivity contribution is -0.122. The molecule has 20 heavy (non-hydrogen) atoms. The summed E-state index contributed by atoms with van der Waals surface area (Å²) < 4.78 is 26.1. The summed E-state index contributed by atoms with van der Waals surface area (Å²) in [6, 6.07) is 3.88. The van der Waals surface area contributed by atoms with E-state index in [1.165, 1.54) is 6.07 Å². The second-order valence-corrected chi connectivity index (χ2v) is 5.35. The Morgan fingerprint density at radius 3 is 2.70 bits per heavy atom. The van der Waals surface area contributed by atoms with Crippen LogP contribution in [0.5, 0.6) is 0 Å². The number of primary amides is 1. The molecule has 0 radical (unpaired) electrons. The van der Waals surface area contributed by atoms with Gasteiger partial charge in [0.15, 0.2) is 11.6 Å². The average Bonchev–Trinajstić information content (AvgIpc) is 2.56. The van der Waals surface area contributed by atoms with Crippen molar-refractivity contribution in [3.8, 4) is 0 Å². The molecule has 0 aliphatic carbocycles. The zero-order valence-corrected chi connectivity index (χ0v) is 11.5. The van der Waals surface area contributed by atoms with Gasteiger partial charge in [0.05, 0.1) is 5.92 Å². The van der Waals surface area contributed by atoms with E-state index in [2.05, 4.69) is 4.90 Å². The zero-order chi connectivity index (χ0) is 14.7. The zero-order valence-electron chi connectivity index (χ0n) is 11.5. The van der Waals surface area contributed by atoms with E-state index in [9.17, 15) is 13.6 Å². The molecule has 1 amide bonds. The molecule has 0 spiro atoms. The number of amides is 1.